The van der Waals surface area contributed by atoms with Gasteiger partial charge in [-0.25, -0.2) is 13.8 Å². The summed E-state index contributed by atoms with van der Waals surface area (Å²) in [5.41, 5.74) is 1.000. The number of alkyl halides is 2. The second kappa shape index (κ2) is 8.16. The van der Waals surface area contributed by atoms with E-state index < -0.39 is 17.7 Å². The van der Waals surface area contributed by atoms with E-state index in [1.165, 1.54) is 16.8 Å². The van der Waals surface area contributed by atoms with Crippen LogP contribution >= 0.6 is 11.3 Å². The molecular formula is C25H19F2N3O4S. The minimum Gasteiger partial charge on any atom is -0.506 e. The van der Waals surface area contributed by atoms with Gasteiger partial charge in [-0.2, -0.15) is 0 Å². The van der Waals surface area contributed by atoms with Crippen molar-refractivity contribution in [3.05, 3.63) is 69.8 Å². The molecule has 0 atom stereocenters. The van der Waals surface area contributed by atoms with Crippen LogP contribution in [0.4, 0.5) is 8.78 Å². The number of phenols is 1. The number of halogens is 2. The number of phenolic OH excluding ortho intramolecular Hbond substituents is 1. The van der Waals surface area contributed by atoms with E-state index in [9.17, 15) is 18.7 Å². The van der Waals surface area contributed by atoms with Crippen LogP contribution < -0.4 is 10.3 Å². The van der Waals surface area contributed by atoms with E-state index in [0.717, 1.165) is 41.4 Å². The standard InChI is InChI=1S/C25H19F2N3O4S/c1-33-13-4-5-15(18(10-13)12-2-3-12)23-29-24-19(25(32)30(23)11-14-8-9-28-34-14)16-6-7-17(22(26)27)20(31)21(16)35-24/h4-10,12,22,31H,2-3,11H2,1H3. The minimum atomic E-state index is -2.84. The molecule has 6 rings (SSSR count). The lowest BCUT2D eigenvalue weighted by Crippen LogP contribution is -2.24. The predicted octanol–water partition coefficient (Wildman–Crippen LogP) is 5.84. The highest BCUT2D eigenvalue weighted by Crippen LogP contribution is 2.46. The zero-order chi connectivity index (χ0) is 24.3. The van der Waals surface area contributed by atoms with Crippen molar-refractivity contribution in [2.24, 2.45) is 0 Å². The number of rotatable bonds is 6. The summed E-state index contributed by atoms with van der Waals surface area (Å²) in [6.07, 6.45) is 0.722. The van der Waals surface area contributed by atoms with E-state index in [1.807, 2.05) is 18.2 Å². The maximum Gasteiger partial charge on any atom is 0.267 e. The number of thiophene rings is 1. The minimum absolute atomic E-state index is 0.0890. The van der Waals surface area contributed by atoms with Crippen molar-refractivity contribution in [3.8, 4) is 22.9 Å². The van der Waals surface area contributed by atoms with Gasteiger partial charge in [0.05, 0.1) is 35.5 Å². The molecule has 0 amide bonds. The van der Waals surface area contributed by atoms with Gasteiger partial charge in [0.25, 0.3) is 12.0 Å². The molecule has 3 heterocycles. The first-order valence-corrected chi connectivity index (χ1v) is 11.8. The molecule has 1 saturated carbocycles. The van der Waals surface area contributed by atoms with Crippen molar-refractivity contribution in [1.82, 2.24) is 14.7 Å². The Balaban J connectivity index is 1.66. The van der Waals surface area contributed by atoms with Crippen LogP contribution in [0.1, 0.15) is 42.1 Å². The number of aromatic nitrogens is 3. The monoisotopic (exact) mass is 495 g/mol. The van der Waals surface area contributed by atoms with E-state index >= 15 is 0 Å². The summed E-state index contributed by atoms with van der Waals surface area (Å²) in [4.78, 5) is 19.1. The molecule has 10 heteroatoms. The molecule has 1 fully saturated rings. The molecule has 1 aliphatic rings. The fourth-order valence-electron chi connectivity index (χ4n) is 4.43. The first kappa shape index (κ1) is 21.7. The zero-order valence-electron chi connectivity index (χ0n) is 18.5. The molecule has 0 bridgehead atoms. The third-order valence-corrected chi connectivity index (χ3v) is 7.43. The van der Waals surface area contributed by atoms with Gasteiger partial charge in [-0.1, -0.05) is 11.2 Å². The average molecular weight is 496 g/mol. The van der Waals surface area contributed by atoms with Crippen LogP contribution in [0.25, 0.3) is 31.7 Å². The molecule has 178 valence electrons. The summed E-state index contributed by atoms with van der Waals surface area (Å²) in [7, 11) is 1.60. The van der Waals surface area contributed by atoms with Crippen molar-refractivity contribution < 1.29 is 23.1 Å². The maximum absolute atomic E-state index is 13.9. The Labute approximate surface area is 201 Å². The molecule has 5 aromatic rings. The quantitative estimate of drug-likeness (QED) is 0.318. The van der Waals surface area contributed by atoms with Crippen LogP contribution in [0.15, 0.2) is 51.9 Å². The van der Waals surface area contributed by atoms with Crippen LogP contribution in [0.5, 0.6) is 11.5 Å². The molecule has 2 aromatic carbocycles. The van der Waals surface area contributed by atoms with Crippen LogP contribution in [0.2, 0.25) is 0 Å². The SMILES string of the molecule is COc1ccc(-c2nc3sc4c(O)c(C(F)F)ccc4c3c(=O)n2Cc2ccno2)c(C2CC2)c1. The lowest BCUT2D eigenvalue weighted by atomic mass is 10.0. The van der Waals surface area contributed by atoms with E-state index in [2.05, 4.69) is 5.16 Å². The zero-order valence-corrected chi connectivity index (χ0v) is 19.3. The Morgan fingerprint density at radius 1 is 1.26 bits per heavy atom. The first-order chi connectivity index (χ1) is 17.0. The summed E-state index contributed by atoms with van der Waals surface area (Å²) in [6.45, 7) is 0.0890. The van der Waals surface area contributed by atoms with Gasteiger partial charge >= 0.3 is 0 Å². The fourth-order valence-corrected chi connectivity index (χ4v) is 5.55. The first-order valence-electron chi connectivity index (χ1n) is 11.0. The number of aromatic hydroxyl groups is 1. The van der Waals surface area contributed by atoms with Crippen molar-refractivity contribution in [1.29, 1.82) is 0 Å². The van der Waals surface area contributed by atoms with Gasteiger partial charge in [0, 0.05) is 17.0 Å². The molecule has 3 aromatic heterocycles. The van der Waals surface area contributed by atoms with Gasteiger partial charge in [-0.05, 0) is 48.6 Å². The average Bonchev–Trinajstić information content (AvgIpc) is 3.43. The molecule has 0 spiro atoms. The number of ether oxygens (including phenoxy) is 1. The molecule has 1 aliphatic carbocycles. The molecular weight excluding hydrogens is 476 g/mol. The largest absolute Gasteiger partial charge is 0.506 e. The molecule has 7 nitrogen and oxygen atoms in total. The summed E-state index contributed by atoms with van der Waals surface area (Å²) >= 11 is 1.03. The smallest absolute Gasteiger partial charge is 0.267 e. The van der Waals surface area contributed by atoms with Gasteiger partial charge in [-0.3, -0.25) is 9.36 Å². The van der Waals surface area contributed by atoms with Crippen molar-refractivity contribution in [2.75, 3.05) is 7.11 Å². The highest BCUT2D eigenvalue weighted by atomic mass is 32.1. The third-order valence-electron chi connectivity index (χ3n) is 6.32. The molecule has 0 radical (unpaired) electrons. The second-order valence-corrected chi connectivity index (χ2v) is 9.49. The van der Waals surface area contributed by atoms with Crippen LogP contribution in [-0.4, -0.2) is 26.9 Å². The van der Waals surface area contributed by atoms with Gasteiger partial charge < -0.3 is 14.4 Å². The molecule has 0 aliphatic heterocycles. The number of fused-ring (bicyclic) bond motifs is 3. The maximum atomic E-state index is 13.9. The van der Waals surface area contributed by atoms with E-state index in [0.29, 0.717) is 33.5 Å². The lowest BCUT2D eigenvalue weighted by molar-refractivity contribution is 0.148. The van der Waals surface area contributed by atoms with Crippen molar-refractivity contribution >= 4 is 31.6 Å². The predicted molar refractivity (Wildman–Crippen MR) is 128 cm³/mol. The third kappa shape index (κ3) is 3.56. The number of nitrogens with zero attached hydrogens (tertiary/aromatic N) is 3. The van der Waals surface area contributed by atoms with Crippen LogP contribution in [-0.2, 0) is 6.54 Å². The van der Waals surface area contributed by atoms with E-state index in [-0.39, 0.29) is 22.2 Å². The normalized spacial score (nSPS) is 13.8. The van der Waals surface area contributed by atoms with Crippen molar-refractivity contribution in [2.45, 2.75) is 31.7 Å². The van der Waals surface area contributed by atoms with Gasteiger partial charge in [-0.15, -0.1) is 11.3 Å². The number of benzene rings is 2. The molecule has 0 saturated heterocycles. The van der Waals surface area contributed by atoms with E-state index in [1.54, 1.807) is 13.2 Å². The second-order valence-electron chi connectivity index (χ2n) is 8.50. The Hall–Kier alpha value is -3.79. The molecule has 1 N–H and O–H groups in total. The summed E-state index contributed by atoms with van der Waals surface area (Å²) in [5, 5.41) is 14.9. The lowest BCUT2D eigenvalue weighted by Gasteiger charge is -2.15. The molecule has 35 heavy (non-hydrogen) atoms. The number of hydrogen-bond acceptors (Lipinski definition) is 7. The van der Waals surface area contributed by atoms with Gasteiger partial charge in [0.2, 0.25) is 0 Å². The number of hydrogen-bond donors (Lipinski definition) is 1. The highest BCUT2D eigenvalue weighted by Gasteiger charge is 2.30. The Morgan fingerprint density at radius 2 is 2.09 bits per heavy atom. The van der Waals surface area contributed by atoms with E-state index in [4.69, 9.17) is 14.2 Å². The summed E-state index contributed by atoms with van der Waals surface area (Å²) in [5.74, 6) is 1.44. The highest BCUT2D eigenvalue weighted by molar-refractivity contribution is 7.25. The van der Waals surface area contributed by atoms with Crippen LogP contribution in [0, 0.1) is 0 Å². The molecule has 0 unspecified atom stereocenters. The van der Waals surface area contributed by atoms with Gasteiger partial charge in [0.15, 0.2) is 5.76 Å². The number of methoxy groups -OCH3 is 1. The Kier molecular flexibility index (Phi) is 5.06. The fraction of sp³-hybridized carbons (Fsp3) is 0.240. The topological polar surface area (TPSA) is 90.4 Å². The van der Waals surface area contributed by atoms with Crippen molar-refractivity contribution in [3.63, 3.8) is 0 Å². The Bertz CT molecular complexity index is 1640. The summed E-state index contributed by atoms with van der Waals surface area (Å²) < 4.78 is 39.2. The Morgan fingerprint density at radius 3 is 2.77 bits per heavy atom. The van der Waals surface area contributed by atoms with Crippen LogP contribution in [0.3, 0.4) is 0 Å². The van der Waals surface area contributed by atoms with Gasteiger partial charge in [0.1, 0.15) is 22.2 Å². The summed E-state index contributed by atoms with van der Waals surface area (Å²) in [6, 6.07) is 9.94.